The number of aromatic amines is 1. The minimum absolute atomic E-state index is 0.612. The van der Waals surface area contributed by atoms with Crippen LogP contribution in [-0.4, -0.2) is 76.3 Å². The van der Waals surface area contributed by atoms with Gasteiger partial charge in [-0.15, -0.1) is 0 Å². The lowest BCUT2D eigenvalue weighted by Gasteiger charge is -2.14. The Bertz CT molecular complexity index is 1120. The van der Waals surface area contributed by atoms with Gasteiger partial charge in [-0.25, -0.2) is 19.5 Å². The Morgan fingerprint density at radius 2 is 1.91 bits per heavy atom. The zero-order valence-electron chi connectivity index (χ0n) is 17.9. The maximum atomic E-state index is 10.3. The van der Waals surface area contributed by atoms with Gasteiger partial charge in [0.25, 0.3) is 0 Å². The van der Waals surface area contributed by atoms with Gasteiger partial charge in [-0.1, -0.05) is 23.8 Å². The number of phosphoric ester groups is 1. The molecule has 2 aromatic heterocycles. The summed E-state index contributed by atoms with van der Waals surface area (Å²) in [7, 11) is -4.64. The number of nitrogens with zero attached hydrogens (tertiary/aromatic N) is 3. The maximum Gasteiger partial charge on any atom is 0.469 e. The summed E-state index contributed by atoms with van der Waals surface area (Å²) in [6.45, 7) is 4.34. The van der Waals surface area contributed by atoms with Crippen LogP contribution in [0.4, 0.5) is 5.82 Å². The molecule has 1 unspecified atom stereocenters. The number of imidazole rings is 1. The van der Waals surface area contributed by atoms with E-state index < -0.39 is 39.0 Å². The van der Waals surface area contributed by atoms with Gasteiger partial charge in [-0.05, 0) is 25.0 Å². The van der Waals surface area contributed by atoms with Crippen LogP contribution in [0.25, 0.3) is 11.2 Å². The molecule has 4 atom stereocenters. The molecular formula is C19H26N5O8P. The van der Waals surface area contributed by atoms with E-state index in [-0.39, 0.29) is 0 Å². The molecule has 0 saturated carbocycles. The van der Waals surface area contributed by atoms with Crippen molar-refractivity contribution in [3.8, 4) is 0 Å². The predicted molar refractivity (Wildman–Crippen MR) is 116 cm³/mol. The monoisotopic (exact) mass is 483 g/mol. The molecule has 7 N–H and O–H groups in total. The van der Waals surface area contributed by atoms with Crippen molar-refractivity contribution in [3.63, 3.8) is 0 Å². The molecule has 33 heavy (non-hydrogen) atoms. The maximum absolute atomic E-state index is 10.3. The summed E-state index contributed by atoms with van der Waals surface area (Å²) in [4.78, 5) is 32.2. The van der Waals surface area contributed by atoms with Crippen LogP contribution in [0.15, 0.2) is 30.9 Å². The number of ether oxygens (including phenoxy) is 1. The fourth-order valence-electron chi connectivity index (χ4n) is 3.16. The lowest BCUT2D eigenvalue weighted by Crippen LogP contribution is -2.34. The molecule has 0 aliphatic carbocycles. The first-order valence-electron chi connectivity index (χ1n) is 9.89. The Morgan fingerprint density at radius 1 is 1.15 bits per heavy atom. The van der Waals surface area contributed by atoms with Crippen LogP contribution in [0, 0.1) is 13.8 Å². The average molecular weight is 483 g/mol. The van der Waals surface area contributed by atoms with Gasteiger partial charge in [0.2, 0.25) is 0 Å². The lowest BCUT2D eigenvalue weighted by molar-refractivity contribution is -0.132. The van der Waals surface area contributed by atoms with E-state index in [2.05, 4.69) is 66.6 Å². The van der Waals surface area contributed by atoms with Crippen molar-refractivity contribution in [2.24, 2.45) is 0 Å². The number of aromatic nitrogens is 4. The molecule has 1 saturated heterocycles. The zero-order chi connectivity index (χ0) is 24.2. The lowest BCUT2D eigenvalue weighted by atomic mass is 10.1. The fourth-order valence-corrected chi connectivity index (χ4v) is 3.50. The van der Waals surface area contributed by atoms with Crippen molar-refractivity contribution in [1.29, 1.82) is 0 Å². The van der Waals surface area contributed by atoms with Crippen molar-refractivity contribution < 1.29 is 38.9 Å². The van der Waals surface area contributed by atoms with Crippen LogP contribution < -0.4 is 5.32 Å². The second-order valence-corrected chi connectivity index (χ2v) is 8.68. The molecule has 4 rings (SSSR count). The third-order valence-electron chi connectivity index (χ3n) is 4.91. The largest absolute Gasteiger partial charge is 0.469 e. The Balaban J connectivity index is 0.000000196. The Morgan fingerprint density at radius 3 is 2.55 bits per heavy atom. The number of phosphoric acid groups is 1. The number of aliphatic hydroxyl groups is 3. The van der Waals surface area contributed by atoms with E-state index in [9.17, 15) is 4.57 Å². The number of anilines is 1. The third kappa shape index (κ3) is 6.76. The van der Waals surface area contributed by atoms with E-state index in [1.54, 1.807) is 6.33 Å². The third-order valence-corrected chi connectivity index (χ3v) is 5.40. The molecule has 1 fully saturated rings. The molecule has 0 bridgehead atoms. The summed E-state index contributed by atoms with van der Waals surface area (Å²) in [5, 5.41) is 30.4. The van der Waals surface area contributed by atoms with E-state index in [1.807, 2.05) is 0 Å². The highest BCUT2D eigenvalue weighted by Gasteiger charge is 2.42. The van der Waals surface area contributed by atoms with E-state index in [4.69, 9.17) is 25.1 Å². The Labute approximate surface area is 188 Å². The van der Waals surface area contributed by atoms with Gasteiger partial charge < -0.3 is 40.1 Å². The van der Waals surface area contributed by atoms with Gasteiger partial charge in [0.05, 0.1) is 12.9 Å². The number of rotatable bonds is 6. The van der Waals surface area contributed by atoms with E-state index in [0.29, 0.717) is 5.65 Å². The van der Waals surface area contributed by atoms with Crippen molar-refractivity contribution in [3.05, 3.63) is 47.5 Å². The quantitative estimate of drug-likeness (QED) is 0.234. The van der Waals surface area contributed by atoms with Crippen LogP contribution in [0.1, 0.15) is 16.7 Å². The van der Waals surface area contributed by atoms with Gasteiger partial charge in [0.15, 0.2) is 17.8 Å². The van der Waals surface area contributed by atoms with Gasteiger partial charge in [-0.2, -0.15) is 0 Å². The molecule has 1 aliphatic heterocycles. The van der Waals surface area contributed by atoms with Crippen molar-refractivity contribution >= 4 is 24.8 Å². The number of hydrogen-bond acceptors (Lipinski definition) is 10. The second kappa shape index (κ2) is 10.6. The molecule has 14 heteroatoms. The number of nitrogens with one attached hydrogen (secondary N) is 2. The van der Waals surface area contributed by atoms with E-state index in [0.717, 1.165) is 17.9 Å². The van der Waals surface area contributed by atoms with Crippen LogP contribution in [0.2, 0.25) is 0 Å². The molecule has 3 heterocycles. The summed E-state index contributed by atoms with van der Waals surface area (Å²) < 4.78 is 18.9. The SMILES string of the molecule is Cc1ccc(CNc2ncnc3nc[nH]c23)c(C)c1.O=P(O)(O)OC[C@H]1OC(O)[C@H](O)[C@@H]1O. The standard InChI is InChI=1S/C14H15N5.C5H11O8P/c1-9-3-4-11(10(2)5-9)6-15-13-12-14(17-7-16-12)19-8-18-13;6-3-2(1-12-14(9,10)11)13-5(8)4(3)7/h3-5,7-8H,6H2,1-2H3,(H2,15,16,17,18,19);2-8H,1H2,(H2,9,10,11)/t;2-,3-,4-,5?/m.1/s1. The molecule has 180 valence electrons. The molecule has 0 amide bonds. The van der Waals surface area contributed by atoms with Crippen LogP contribution in [-0.2, 0) is 20.4 Å². The van der Waals surface area contributed by atoms with Crippen molar-refractivity contribution in [2.75, 3.05) is 11.9 Å². The Hall–Kier alpha value is -2.48. The number of benzene rings is 1. The van der Waals surface area contributed by atoms with Crippen LogP contribution in [0.5, 0.6) is 0 Å². The fraction of sp³-hybridized carbons (Fsp3) is 0.421. The average Bonchev–Trinajstić information content (AvgIpc) is 3.32. The smallest absolute Gasteiger partial charge is 0.387 e. The van der Waals surface area contributed by atoms with Gasteiger partial charge in [0.1, 0.15) is 30.2 Å². The van der Waals surface area contributed by atoms with Gasteiger partial charge >= 0.3 is 7.82 Å². The van der Waals surface area contributed by atoms with Crippen LogP contribution in [0.3, 0.4) is 0 Å². The molecule has 3 aromatic rings. The first kappa shape index (κ1) is 25.1. The first-order chi connectivity index (χ1) is 15.5. The topological polar surface area (TPSA) is 203 Å². The minimum atomic E-state index is -4.64. The summed E-state index contributed by atoms with van der Waals surface area (Å²) in [6.07, 6.45) is -2.52. The highest BCUT2D eigenvalue weighted by Crippen LogP contribution is 2.37. The van der Waals surface area contributed by atoms with Crippen molar-refractivity contribution in [2.45, 2.75) is 45.0 Å². The van der Waals surface area contributed by atoms with Crippen LogP contribution >= 0.6 is 7.82 Å². The molecule has 13 nitrogen and oxygen atoms in total. The molecule has 0 radical (unpaired) electrons. The van der Waals surface area contributed by atoms with E-state index in [1.165, 1.54) is 23.0 Å². The molecule has 1 aromatic carbocycles. The predicted octanol–water partition coefficient (Wildman–Crippen LogP) is 0.117. The van der Waals surface area contributed by atoms with E-state index >= 15 is 0 Å². The zero-order valence-corrected chi connectivity index (χ0v) is 18.8. The first-order valence-corrected chi connectivity index (χ1v) is 11.4. The number of fused-ring (bicyclic) bond motifs is 1. The number of hydrogen-bond donors (Lipinski definition) is 7. The van der Waals surface area contributed by atoms with Crippen molar-refractivity contribution in [1.82, 2.24) is 19.9 Å². The van der Waals surface area contributed by atoms with Gasteiger partial charge in [0, 0.05) is 6.54 Å². The van der Waals surface area contributed by atoms with Gasteiger partial charge in [-0.3, -0.25) is 4.52 Å². The molecule has 0 spiro atoms. The highest BCUT2D eigenvalue weighted by atomic mass is 31.2. The Kier molecular flexibility index (Phi) is 8.10. The summed E-state index contributed by atoms with van der Waals surface area (Å²) in [5.41, 5.74) is 5.34. The summed E-state index contributed by atoms with van der Waals surface area (Å²) in [6, 6.07) is 6.45. The summed E-state index contributed by atoms with van der Waals surface area (Å²) >= 11 is 0. The molecular weight excluding hydrogens is 457 g/mol. The number of aliphatic hydroxyl groups excluding tert-OH is 3. The normalized spacial score (nSPS) is 22.8. The number of H-pyrrole nitrogens is 1. The molecule has 1 aliphatic rings. The minimum Gasteiger partial charge on any atom is -0.387 e. The summed E-state index contributed by atoms with van der Waals surface area (Å²) in [5.74, 6) is 0.780. The number of aryl methyl sites for hydroxylation is 2. The highest BCUT2D eigenvalue weighted by molar-refractivity contribution is 7.46. The second-order valence-electron chi connectivity index (χ2n) is 7.44.